The van der Waals surface area contributed by atoms with E-state index in [-0.39, 0.29) is 0 Å². The van der Waals surface area contributed by atoms with Gasteiger partial charge in [-0.15, -0.1) is 45.3 Å². The minimum Gasteiger partial charge on any atom is -0.142 e. The third-order valence-corrected chi connectivity index (χ3v) is 13.4. The molecule has 4 aromatic rings. The lowest BCUT2D eigenvalue weighted by atomic mass is 10.0. The zero-order chi connectivity index (χ0) is 30.8. The molecule has 4 heteroatoms. The SMILES string of the molecule is CC.CC.CC.CC.CC.c1sc(-c2sc(-c3sc(-c4scc5c4CCC5)c4c3CCC4)c3c2CCC3)c2c1CCC2. The fourth-order valence-electron chi connectivity index (χ4n) is 6.77. The van der Waals surface area contributed by atoms with Crippen molar-refractivity contribution in [2.24, 2.45) is 0 Å². The van der Waals surface area contributed by atoms with Gasteiger partial charge in [-0.1, -0.05) is 69.2 Å². The maximum Gasteiger partial charge on any atom is 0.0487 e. The highest BCUT2D eigenvalue weighted by atomic mass is 32.1. The first-order chi connectivity index (χ1) is 20.9. The molecule has 0 unspecified atom stereocenters. The van der Waals surface area contributed by atoms with Crippen LogP contribution in [0.4, 0.5) is 0 Å². The van der Waals surface area contributed by atoms with Crippen LogP contribution in [-0.2, 0) is 51.4 Å². The van der Waals surface area contributed by atoms with Gasteiger partial charge in [0.25, 0.3) is 0 Å². The van der Waals surface area contributed by atoms with Gasteiger partial charge in [-0.05, 0) is 132 Å². The van der Waals surface area contributed by atoms with Crippen molar-refractivity contribution in [1.29, 1.82) is 0 Å². The molecule has 4 aliphatic carbocycles. The number of rotatable bonds is 3. The molecule has 232 valence electrons. The van der Waals surface area contributed by atoms with Crippen molar-refractivity contribution in [3.05, 3.63) is 55.3 Å². The summed E-state index contributed by atoms with van der Waals surface area (Å²) in [6.07, 6.45) is 15.8. The van der Waals surface area contributed by atoms with Crippen LogP contribution in [0.3, 0.4) is 0 Å². The Morgan fingerprint density at radius 3 is 0.929 bits per heavy atom. The summed E-state index contributed by atoms with van der Waals surface area (Å²) < 4.78 is 0. The van der Waals surface area contributed by atoms with Gasteiger partial charge in [0.2, 0.25) is 0 Å². The molecule has 0 fully saturated rings. The number of aryl methyl sites for hydroxylation is 2. The predicted molar refractivity (Wildman–Crippen MR) is 199 cm³/mol. The molecule has 0 bridgehead atoms. The number of thiophene rings is 4. The summed E-state index contributed by atoms with van der Waals surface area (Å²) in [6, 6.07) is 0. The Morgan fingerprint density at radius 1 is 0.333 bits per heavy atom. The molecule has 0 saturated heterocycles. The highest BCUT2D eigenvalue weighted by Gasteiger charge is 2.33. The van der Waals surface area contributed by atoms with E-state index in [0.29, 0.717) is 0 Å². The summed E-state index contributed by atoms with van der Waals surface area (Å²) in [5.41, 5.74) is 13.6. The van der Waals surface area contributed by atoms with E-state index in [0.717, 1.165) is 0 Å². The molecule has 0 spiro atoms. The van der Waals surface area contributed by atoms with Gasteiger partial charge in [-0.3, -0.25) is 0 Å². The largest absolute Gasteiger partial charge is 0.142 e. The van der Waals surface area contributed by atoms with Crippen LogP contribution in [-0.4, -0.2) is 0 Å². The van der Waals surface area contributed by atoms with Crippen molar-refractivity contribution >= 4 is 45.3 Å². The lowest BCUT2D eigenvalue weighted by molar-refractivity contribution is 0.908. The summed E-state index contributed by atoms with van der Waals surface area (Å²) in [6.45, 7) is 20.0. The lowest BCUT2D eigenvalue weighted by Gasteiger charge is -2.02. The summed E-state index contributed by atoms with van der Waals surface area (Å²) >= 11 is 8.40. The first kappa shape index (κ1) is 35.3. The molecule has 0 atom stereocenters. The molecular weight excluding hydrogens is 585 g/mol. The number of hydrogen-bond donors (Lipinski definition) is 0. The molecule has 0 saturated carbocycles. The first-order valence-electron chi connectivity index (χ1n) is 17.4. The predicted octanol–water partition coefficient (Wildman–Crippen LogP) is 14.0. The van der Waals surface area contributed by atoms with Crippen molar-refractivity contribution < 1.29 is 0 Å². The molecule has 0 nitrogen and oxygen atoms in total. The van der Waals surface area contributed by atoms with E-state index in [2.05, 4.69) is 33.4 Å². The van der Waals surface area contributed by atoms with Crippen LogP contribution in [0.15, 0.2) is 10.8 Å². The molecular formula is C38H56S4. The van der Waals surface area contributed by atoms with Gasteiger partial charge in [0.15, 0.2) is 0 Å². The second-order valence-corrected chi connectivity index (χ2v) is 13.8. The average Bonchev–Trinajstić information content (AvgIpc) is 3.88. The number of hydrogen-bond acceptors (Lipinski definition) is 4. The van der Waals surface area contributed by atoms with Crippen LogP contribution < -0.4 is 0 Å². The molecule has 0 aromatic carbocycles. The molecule has 4 heterocycles. The van der Waals surface area contributed by atoms with E-state index in [9.17, 15) is 0 Å². The van der Waals surface area contributed by atoms with Crippen molar-refractivity contribution in [3.8, 4) is 29.3 Å². The molecule has 4 aliphatic rings. The fourth-order valence-corrected chi connectivity index (χ4v) is 12.5. The van der Waals surface area contributed by atoms with Crippen LogP contribution >= 0.6 is 45.3 Å². The third kappa shape index (κ3) is 6.44. The van der Waals surface area contributed by atoms with E-state index in [1.165, 1.54) is 77.0 Å². The van der Waals surface area contributed by atoms with Gasteiger partial charge < -0.3 is 0 Å². The van der Waals surface area contributed by atoms with E-state index in [1.54, 1.807) is 73.8 Å². The quantitative estimate of drug-likeness (QED) is 0.209. The monoisotopic (exact) mass is 640 g/mol. The van der Waals surface area contributed by atoms with E-state index in [4.69, 9.17) is 0 Å². The second-order valence-electron chi connectivity index (χ2n) is 9.99. The Morgan fingerprint density at radius 2 is 0.595 bits per heavy atom. The average molecular weight is 641 g/mol. The molecule has 0 amide bonds. The highest BCUT2D eigenvalue weighted by molar-refractivity contribution is 7.28. The second kappa shape index (κ2) is 17.3. The Bertz CT molecular complexity index is 1280. The van der Waals surface area contributed by atoms with Crippen LogP contribution in [0.2, 0.25) is 0 Å². The minimum atomic E-state index is 1.30. The molecule has 42 heavy (non-hydrogen) atoms. The van der Waals surface area contributed by atoms with Gasteiger partial charge in [-0.2, -0.15) is 0 Å². The Hall–Kier alpha value is -1.20. The molecule has 0 radical (unpaired) electrons. The third-order valence-electron chi connectivity index (χ3n) is 8.27. The van der Waals surface area contributed by atoms with E-state index >= 15 is 0 Å². The topological polar surface area (TPSA) is 0 Å². The van der Waals surface area contributed by atoms with Crippen molar-refractivity contribution in [3.63, 3.8) is 0 Å². The zero-order valence-corrected chi connectivity index (χ0v) is 31.5. The van der Waals surface area contributed by atoms with Crippen LogP contribution in [0, 0.1) is 0 Å². The van der Waals surface area contributed by atoms with Crippen LogP contribution in [0.25, 0.3) is 29.3 Å². The Kier molecular flexibility index (Phi) is 14.6. The maximum absolute atomic E-state index is 2.47. The maximum atomic E-state index is 2.47. The van der Waals surface area contributed by atoms with Crippen molar-refractivity contribution in [2.75, 3.05) is 0 Å². The summed E-state index contributed by atoms with van der Waals surface area (Å²) in [7, 11) is 0. The van der Waals surface area contributed by atoms with Gasteiger partial charge in [0, 0.05) is 29.3 Å². The summed E-state index contributed by atoms with van der Waals surface area (Å²) in [4.78, 5) is 9.90. The Balaban J connectivity index is 0.000000443. The molecule has 4 aromatic heterocycles. The molecule has 0 N–H and O–H groups in total. The summed E-state index contributed by atoms with van der Waals surface area (Å²) in [5, 5.41) is 4.94. The fraction of sp³-hybridized carbons (Fsp3) is 0.579. The Labute approximate surface area is 274 Å². The normalized spacial score (nSPS) is 14.7. The molecule has 0 aliphatic heterocycles. The van der Waals surface area contributed by atoms with Crippen LogP contribution in [0.1, 0.15) is 139 Å². The van der Waals surface area contributed by atoms with Crippen molar-refractivity contribution in [2.45, 2.75) is 146 Å². The van der Waals surface area contributed by atoms with E-state index in [1.807, 2.05) is 91.9 Å². The highest BCUT2D eigenvalue weighted by Crippen LogP contribution is 2.56. The minimum absolute atomic E-state index is 1.30. The first-order valence-corrected chi connectivity index (χ1v) is 20.7. The lowest BCUT2D eigenvalue weighted by Crippen LogP contribution is -1.83. The van der Waals surface area contributed by atoms with E-state index < -0.39 is 0 Å². The zero-order valence-electron chi connectivity index (χ0n) is 28.3. The standard InChI is InChI=1S/C28H26S4.5C2H6/c1-5-15-13-29-23(17(15)7-1)25-19-9-3-11-21(19)27(31-25)28-22-12-4-10-20(22)26(32-28)24-18-8-2-6-16(18)14-30-24;5*1-2/h13-14H,1-12H2;5*1-2H3. The van der Waals surface area contributed by atoms with Crippen molar-refractivity contribution in [1.82, 2.24) is 0 Å². The van der Waals surface area contributed by atoms with Crippen LogP contribution in [0.5, 0.6) is 0 Å². The number of fused-ring (bicyclic) bond motifs is 4. The van der Waals surface area contributed by atoms with Gasteiger partial charge >= 0.3 is 0 Å². The van der Waals surface area contributed by atoms with Gasteiger partial charge in [0.05, 0.1) is 0 Å². The van der Waals surface area contributed by atoms with Gasteiger partial charge in [0.1, 0.15) is 0 Å². The smallest absolute Gasteiger partial charge is 0.0487 e. The molecule has 8 rings (SSSR count). The summed E-state index contributed by atoms with van der Waals surface area (Å²) in [5.74, 6) is 0. The van der Waals surface area contributed by atoms with Gasteiger partial charge in [-0.25, -0.2) is 0 Å².